The molecule has 0 bridgehead atoms. The molecule has 3 heteroatoms. The van der Waals surface area contributed by atoms with Crippen LogP contribution in [0.25, 0.3) is 11.1 Å². The van der Waals surface area contributed by atoms with Gasteiger partial charge in [-0.15, -0.1) is 0 Å². The van der Waals surface area contributed by atoms with Crippen molar-refractivity contribution in [1.82, 2.24) is 9.97 Å². The molecule has 0 amide bonds. The molecule has 0 saturated heterocycles. The highest BCUT2D eigenvalue weighted by atomic mass is 32.2. The molecule has 2 nitrogen and oxygen atoms in total. The summed E-state index contributed by atoms with van der Waals surface area (Å²) in [7, 11) is 0. The first-order valence-electron chi connectivity index (χ1n) is 6.46. The maximum Gasteiger partial charge on any atom is 0.104 e. The van der Waals surface area contributed by atoms with Gasteiger partial charge in [0.15, 0.2) is 0 Å². The fourth-order valence-corrected chi connectivity index (χ4v) is 2.90. The largest absolute Gasteiger partial charge is 0.260 e. The lowest BCUT2D eigenvalue weighted by molar-refractivity contribution is 1.12. The number of aromatic nitrogens is 2. The van der Waals surface area contributed by atoms with E-state index in [1.165, 1.54) is 11.1 Å². The van der Waals surface area contributed by atoms with E-state index in [0.717, 1.165) is 16.5 Å². The monoisotopic (exact) mass is 278 g/mol. The van der Waals surface area contributed by atoms with E-state index in [2.05, 4.69) is 40.3 Å². The zero-order valence-corrected chi connectivity index (χ0v) is 11.8. The standard InChI is InChI=1S/C17H14N2S/c1-2-7-14(8-3-1)16-10-6-12-19-17(16)20-13-15-9-4-5-11-18-15/h1-12H,13H2. The molecule has 0 N–H and O–H groups in total. The molecular formula is C17H14N2S. The van der Waals surface area contributed by atoms with Crippen LogP contribution < -0.4 is 0 Å². The SMILES string of the molecule is c1ccc(-c2cccnc2SCc2ccccn2)cc1. The van der Waals surface area contributed by atoms with Crippen LogP contribution in [0.5, 0.6) is 0 Å². The highest BCUT2D eigenvalue weighted by Crippen LogP contribution is 2.30. The maximum absolute atomic E-state index is 4.51. The fourth-order valence-electron chi connectivity index (χ4n) is 1.97. The Bertz CT molecular complexity index is 669. The Balaban J connectivity index is 1.84. The predicted octanol–water partition coefficient (Wildman–Crippen LogP) is 4.44. The van der Waals surface area contributed by atoms with Gasteiger partial charge in [0.25, 0.3) is 0 Å². The van der Waals surface area contributed by atoms with Crippen molar-refractivity contribution < 1.29 is 0 Å². The van der Waals surface area contributed by atoms with Gasteiger partial charge in [0.2, 0.25) is 0 Å². The summed E-state index contributed by atoms with van der Waals surface area (Å²) < 4.78 is 0. The van der Waals surface area contributed by atoms with Crippen LogP contribution in [-0.4, -0.2) is 9.97 Å². The van der Waals surface area contributed by atoms with Gasteiger partial charge >= 0.3 is 0 Å². The molecule has 1 aromatic carbocycles. The molecular weight excluding hydrogens is 264 g/mol. The Hall–Kier alpha value is -2.13. The van der Waals surface area contributed by atoms with Crippen LogP contribution in [0.2, 0.25) is 0 Å². The van der Waals surface area contributed by atoms with Crippen LogP contribution in [-0.2, 0) is 5.75 Å². The summed E-state index contributed by atoms with van der Waals surface area (Å²) in [6, 6.07) is 20.4. The number of pyridine rings is 2. The van der Waals surface area contributed by atoms with Crippen LogP contribution in [0.4, 0.5) is 0 Å². The zero-order chi connectivity index (χ0) is 13.6. The minimum Gasteiger partial charge on any atom is -0.260 e. The Labute approximate surface area is 122 Å². The van der Waals surface area contributed by atoms with E-state index in [1.807, 2.05) is 42.7 Å². The smallest absolute Gasteiger partial charge is 0.104 e. The summed E-state index contributed by atoms with van der Waals surface area (Å²) in [4.78, 5) is 8.85. The minimum atomic E-state index is 0.831. The molecule has 0 unspecified atom stereocenters. The lowest BCUT2D eigenvalue weighted by atomic mass is 10.1. The Kier molecular flexibility index (Phi) is 4.09. The van der Waals surface area contributed by atoms with Crippen molar-refractivity contribution in [1.29, 1.82) is 0 Å². The summed E-state index contributed by atoms with van der Waals surface area (Å²) >= 11 is 1.72. The highest BCUT2D eigenvalue weighted by Gasteiger charge is 2.06. The molecule has 0 atom stereocenters. The normalized spacial score (nSPS) is 10.4. The number of benzene rings is 1. The highest BCUT2D eigenvalue weighted by molar-refractivity contribution is 7.98. The molecule has 98 valence electrons. The molecule has 0 spiro atoms. The summed E-state index contributed by atoms with van der Waals surface area (Å²) in [5, 5.41) is 1.05. The average Bonchev–Trinajstić information content (AvgIpc) is 2.55. The van der Waals surface area contributed by atoms with E-state index in [0.29, 0.717) is 0 Å². The number of thioether (sulfide) groups is 1. The fraction of sp³-hybridized carbons (Fsp3) is 0.0588. The van der Waals surface area contributed by atoms with Crippen molar-refractivity contribution in [3.63, 3.8) is 0 Å². The second-order valence-corrected chi connectivity index (χ2v) is 5.30. The summed E-state index contributed by atoms with van der Waals surface area (Å²) in [5.41, 5.74) is 3.44. The lowest BCUT2D eigenvalue weighted by Crippen LogP contribution is -1.89. The van der Waals surface area contributed by atoms with E-state index in [1.54, 1.807) is 11.8 Å². The molecule has 0 radical (unpaired) electrons. The van der Waals surface area contributed by atoms with E-state index in [-0.39, 0.29) is 0 Å². The molecule has 0 aliphatic rings. The lowest BCUT2D eigenvalue weighted by Gasteiger charge is -2.07. The van der Waals surface area contributed by atoms with Crippen molar-refractivity contribution in [3.05, 3.63) is 78.8 Å². The van der Waals surface area contributed by atoms with Crippen molar-refractivity contribution in [2.45, 2.75) is 10.8 Å². The first-order chi connectivity index (χ1) is 9.93. The summed E-state index contributed by atoms with van der Waals surface area (Å²) in [6.45, 7) is 0. The van der Waals surface area contributed by atoms with Crippen LogP contribution in [0.15, 0.2) is 78.1 Å². The van der Waals surface area contributed by atoms with E-state index >= 15 is 0 Å². The Morgan fingerprint density at radius 1 is 0.750 bits per heavy atom. The first kappa shape index (κ1) is 12.9. The Morgan fingerprint density at radius 3 is 2.35 bits per heavy atom. The van der Waals surface area contributed by atoms with Gasteiger partial charge in [-0.05, 0) is 23.8 Å². The molecule has 20 heavy (non-hydrogen) atoms. The van der Waals surface area contributed by atoms with Gasteiger partial charge in [0, 0.05) is 23.7 Å². The van der Waals surface area contributed by atoms with Gasteiger partial charge in [0.05, 0.1) is 5.69 Å². The van der Waals surface area contributed by atoms with Crippen molar-refractivity contribution >= 4 is 11.8 Å². The van der Waals surface area contributed by atoms with Crippen molar-refractivity contribution in [3.8, 4) is 11.1 Å². The van der Waals surface area contributed by atoms with Crippen LogP contribution >= 0.6 is 11.8 Å². The van der Waals surface area contributed by atoms with E-state index in [9.17, 15) is 0 Å². The van der Waals surface area contributed by atoms with Crippen LogP contribution in [0.1, 0.15) is 5.69 Å². The van der Waals surface area contributed by atoms with Gasteiger partial charge in [-0.2, -0.15) is 0 Å². The molecule has 2 aromatic heterocycles. The van der Waals surface area contributed by atoms with Gasteiger partial charge < -0.3 is 0 Å². The second-order valence-electron chi connectivity index (χ2n) is 4.33. The number of nitrogens with zero attached hydrogens (tertiary/aromatic N) is 2. The number of hydrogen-bond acceptors (Lipinski definition) is 3. The first-order valence-corrected chi connectivity index (χ1v) is 7.45. The van der Waals surface area contributed by atoms with Crippen molar-refractivity contribution in [2.75, 3.05) is 0 Å². The predicted molar refractivity (Wildman–Crippen MR) is 83.5 cm³/mol. The topological polar surface area (TPSA) is 25.8 Å². The van der Waals surface area contributed by atoms with Gasteiger partial charge in [0.1, 0.15) is 5.03 Å². The maximum atomic E-state index is 4.51. The molecule has 0 fully saturated rings. The van der Waals surface area contributed by atoms with E-state index in [4.69, 9.17) is 0 Å². The zero-order valence-electron chi connectivity index (χ0n) is 10.9. The average molecular weight is 278 g/mol. The van der Waals surface area contributed by atoms with Crippen molar-refractivity contribution in [2.24, 2.45) is 0 Å². The number of rotatable bonds is 4. The molecule has 0 aliphatic heterocycles. The Morgan fingerprint density at radius 2 is 1.55 bits per heavy atom. The minimum absolute atomic E-state index is 0.831. The third kappa shape index (κ3) is 3.06. The number of hydrogen-bond donors (Lipinski definition) is 0. The summed E-state index contributed by atoms with van der Waals surface area (Å²) in [5.74, 6) is 0.831. The van der Waals surface area contributed by atoms with E-state index < -0.39 is 0 Å². The third-order valence-corrected chi connectivity index (χ3v) is 3.98. The van der Waals surface area contributed by atoms with Crippen LogP contribution in [0.3, 0.4) is 0 Å². The van der Waals surface area contributed by atoms with Gasteiger partial charge in [-0.1, -0.05) is 54.2 Å². The molecule has 0 aliphatic carbocycles. The summed E-state index contributed by atoms with van der Waals surface area (Å²) in [6.07, 6.45) is 3.67. The van der Waals surface area contributed by atoms with Gasteiger partial charge in [-0.25, -0.2) is 4.98 Å². The molecule has 3 rings (SSSR count). The van der Waals surface area contributed by atoms with Crippen LogP contribution in [0, 0.1) is 0 Å². The molecule has 3 aromatic rings. The molecule has 2 heterocycles. The third-order valence-electron chi connectivity index (χ3n) is 2.94. The quantitative estimate of drug-likeness (QED) is 0.660. The molecule has 0 saturated carbocycles. The van der Waals surface area contributed by atoms with Gasteiger partial charge in [-0.3, -0.25) is 4.98 Å². The second kappa shape index (κ2) is 6.35.